The van der Waals surface area contributed by atoms with Crippen molar-refractivity contribution in [3.63, 3.8) is 0 Å². The van der Waals surface area contributed by atoms with E-state index in [-0.39, 0.29) is 5.78 Å². The molecule has 0 spiro atoms. The molecule has 0 aliphatic rings. The number of carbonyl (C=O) groups is 1. The lowest BCUT2D eigenvalue weighted by atomic mass is 9.94. The van der Waals surface area contributed by atoms with Crippen LogP contribution in [-0.2, 0) is 4.79 Å². The maximum Gasteiger partial charge on any atom is 0.161 e. The van der Waals surface area contributed by atoms with Gasteiger partial charge in [0.1, 0.15) is 0 Å². The van der Waals surface area contributed by atoms with Crippen LogP contribution in [0.15, 0.2) is 27.7 Å². The Hall–Kier alpha value is -0.830. The number of ketones is 1. The molecule has 0 radical (unpaired) electrons. The molecule has 0 N–H and O–H groups in total. The molecule has 0 aliphatic heterocycles. The zero-order valence-electron chi connectivity index (χ0n) is 10.8. The van der Waals surface area contributed by atoms with E-state index in [0.29, 0.717) is 11.5 Å². The smallest absolute Gasteiger partial charge is 0.161 e. The summed E-state index contributed by atoms with van der Waals surface area (Å²) in [5, 5.41) is 0.718. The molecule has 0 saturated carbocycles. The Morgan fingerprint density at radius 3 is 2.44 bits per heavy atom. The van der Waals surface area contributed by atoms with Crippen LogP contribution in [0.2, 0.25) is 0 Å². The van der Waals surface area contributed by atoms with Gasteiger partial charge >= 0.3 is 0 Å². The Kier molecular flexibility index (Phi) is 7.06. The van der Waals surface area contributed by atoms with Crippen LogP contribution in [0.5, 0.6) is 0 Å². The van der Waals surface area contributed by atoms with Crippen molar-refractivity contribution in [3.05, 3.63) is 22.8 Å². The standard InChI is InChI=1S/C13H21NOS/c1-7-9(2)10(3)13(11(4)15)8-14-12(5)16-6/h8-9H,5,7H2,1-4,6H3/b13-10+,14-8-. The van der Waals surface area contributed by atoms with E-state index in [2.05, 4.69) is 25.4 Å². The second-order valence-electron chi connectivity index (χ2n) is 3.82. The Morgan fingerprint density at radius 2 is 2.06 bits per heavy atom. The highest BCUT2D eigenvalue weighted by atomic mass is 32.2. The quantitative estimate of drug-likeness (QED) is 0.520. The number of nitrogens with zero attached hydrogens (tertiary/aromatic N) is 1. The van der Waals surface area contributed by atoms with Gasteiger partial charge in [-0.25, -0.2) is 4.99 Å². The molecule has 0 aromatic rings. The van der Waals surface area contributed by atoms with Crippen molar-refractivity contribution in [1.82, 2.24) is 0 Å². The second kappa shape index (κ2) is 7.44. The van der Waals surface area contributed by atoms with Crippen LogP contribution in [0.4, 0.5) is 0 Å². The first-order valence-electron chi connectivity index (χ1n) is 5.42. The topological polar surface area (TPSA) is 29.4 Å². The lowest BCUT2D eigenvalue weighted by Gasteiger charge is -2.12. The van der Waals surface area contributed by atoms with Gasteiger partial charge in [-0.15, -0.1) is 11.8 Å². The summed E-state index contributed by atoms with van der Waals surface area (Å²) in [6.07, 6.45) is 4.58. The molecule has 3 heteroatoms. The van der Waals surface area contributed by atoms with Gasteiger partial charge in [0.2, 0.25) is 0 Å². The van der Waals surface area contributed by atoms with E-state index < -0.39 is 0 Å². The number of carbonyl (C=O) groups excluding carboxylic acids is 1. The van der Waals surface area contributed by atoms with E-state index in [9.17, 15) is 4.79 Å². The van der Waals surface area contributed by atoms with Gasteiger partial charge in [0, 0.05) is 11.8 Å². The number of thioether (sulfide) groups is 1. The van der Waals surface area contributed by atoms with Gasteiger partial charge in [0.15, 0.2) is 5.78 Å². The van der Waals surface area contributed by atoms with Gasteiger partial charge in [-0.1, -0.05) is 26.0 Å². The Balaban J connectivity index is 5.09. The number of aliphatic imine (C=N–C) groups is 1. The molecule has 16 heavy (non-hydrogen) atoms. The first-order valence-corrected chi connectivity index (χ1v) is 6.65. The minimum atomic E-state index is 0.0652. The molecular formula is C13H21NOS. The Morgan fingerprint density at radius 1 is 1.50 bits per heavy atom. The molecule has 2 nitrogen and oxygen atoms in total. The summed E-state index contributed by atoms with van der Waals surface area (Å²) >= 11 is 1.48. The van der Waals surface area contributed by atoms with E-state index in [1.54, 1.807) is 13.1 Å². The summed E-state index contributed by atoms with van der Waals surface area (Å²) in [5.41, 5.74) is 1.82. The van der Waals surface area contributed by atoms with E-state index >= 15 is 0 Å². The van der Waals surface area contributed by atoms with Gasteiger partial charge in [0.05, 0.1) is 5.03 Å². The predicted octanol–water partition coefficient (Wildman–Crippen LogP) is 3.84. The molecule has 1 unspecified atom stereocenters. The molecule has 0 bridgehead atoms. The lowest BCUT2D eigenvalue weighted by Crippen LogP contribution is -2.07. The Labute approximate surface area is 103 Å². The summed E-state index contributed by atoms with van der Waals surface area (Å²) in [7, 11) is 0. The number of Topliss-reactive ketones (excluding diaryl/α,β-unsaturated/α-hetero) is 1. The fraction of sp³-hybridized carbons (Fsp3) is 0.538. The second-order valence-corrected chi connectivity index (χ2v) is 4.70. The summed E-state index contributed by atoms with van der Waals surface area (Å²) in [6.45, 7) is 11.6. The molecule has 0 aromatic heterocycles. The fourth-order valence-electron chi connectivity index (χ4n) is 1.23. The molecule has 0 saturated heterocycles. The number of rotatable bonds is 6. The summed E-state index contributed by atoms with van der Waals surface area (Å²) in [4.78, 5) is 15.7. The largest absolute Gasteiger partial charge is 0.294 e. The van der Waals surface area contributed by atoms with Crippen LogP contribution < -0.4 is 0 Å². The molecule has 0 rings (SSSR count). The van der Waals surface area contributed by atoms with Crippen molar-refractivity contribution in [3.8, 4) is 0 Å². The zero-order chi connectivity index (χ0) is 12.7. The monoisotopic (exact) mass is 239 g/mol. The summed E-state index contributed by atoms with van der Waals surface area (Å²) in [5.74, 6) is 0.475. The highest BCUT2D eigenvalue weighted by Crippen LogP contribution is 2.18. The van der Waals surface area contributed by atoms with E-state index in [4.69, 9.17) is 0 Å². The van der Waals surface area contributed by atoms with Crippen LogP contribution in [0.3, 0.4) is 0 Å². The Bertz CT molecular complexity index is 329. The third-order valence-corrected chi connectivity index (χ3v) is 3.31. The number of hydrogen-bond donors (Lipinski definition) is 0. The van der Waals surface area contributed by atoms with Crippen molar-refractivity contribution in [2.24, 2.45) is 10.9 Å². The van der Waals surface area contributed by atoms with Gasteiger partial charge in [0.25, 0.3) is 0 Å². The van der Waals surface area contributed by atoms with Gasteiger partial charge < -0.3 is 0 Å². The van der Waals surface area contributed by atoms with Crippen molar-refractivity contribution in [2.45, 2.75) is 34.1 Å². The molecule has 0 fully saturated rings. The number of allylic oxidation sites excluding steroid dienone is 2. The van der Waals surface area contributed by atoms with Crippen LogP contribution in [0.1, 0.15) is 34.1 Å². The van der Waals surface area contributed by atoms with E-state index in [1.165, 1.54) is 11.8 Å². The lowest BCUT2D eigenvalue weighted by molar-refractivity contribution is -0.113. The molecule has 0 aromatic carbocycles. The van der Waals surface area contributed by atoms with Crippen LogP contribution >= 0.6 is 11.8 Å². The maximum absolute atomic E-state index is 11.5. The van der Waals surface area contributed by atoms with E-state index in [1.807, 2.05) is 13.2 Å². The third kappa shape index (κ3) is 4.79. The summed E-state index contributed by atoms with van der Waals surface area (Å²) in [6, 6.07) is 0. The predicted molar refractivity (Wildman–Crippen MR) is 74.0 cm³/mol. The van der Waals surface area contributed by atoms with Crippen LogP contribution in [-0.4, -0.2) is 18.3 Å². The first kappa shape index (κ1) is 15.2. The van der Waals surface area contributed by atoms with Crippen molar-refractivity contribution in [1.29, 1.82) is 0 Å². The maximum atomic E-state index is 11.5. The third-order valence-electron chi connectivity index (χ3n) is 2.73. The minimum Gasteiger partial charge on any atom is -0.294 e. The SMILES string of the molecule is C=C(/N=C\C(C(C)=O)=C(\C)C(C)CC)SC. The number of hydrogen-bond acceptors (Lipinski definition) is 3. The molecule has 1 atom stereocenters. The van der Waals surface area contributed by atoms with Crippen LogP contribution in [0.25, 0.3) is 0 Å². The molecular weight excluding hydrogens is 218 g/mol. The van der Waals surface area contributed by atoms with Crippen LogP contribution in [0, 0.1) is 5.92 Å². The summed E-state index contributed by atoms with van der Waals surface area (Å²) < 4.78 is 0. The fourth-order valence-corrected chi connectivity index (χ4v) is 1.39. The zero-order valence-corrected chi connectivity index (χ0v) is 11.6. The molecule has 0 aliphatic carbocycles. The van der Waals surface area contributed by atoms with E-state index in [0.717, 1.165) is 17.0 Å². The molecule has 0 heterocycles. The molecule has 90 valence electrons. The normalized spacial score (nSPS) is 14.8. The average Bonchev–Trinajstić information content (AvgIpc) is 2.26. The molecule has 0 amide bonds. The van der Waals surface area contributed by atoms with Crippen molar-refractivity contribution < 1.29 is 4.79 Å². The highest BCUT2D eigenvalue weighted by Gasteiger charge is 2.10. The first-order chi connectivity index (χ1) is 7.43. The van der Waals surface area contributed by atoms with Gasteiger partial charge in [-0.2, -0.15) is 0 Å². The van der Waals surface area contributed by atoms with Crippen molar-refractivity contribution in [2.75, 3.05) is 6.26 Å². The van der Waals surface area contributed by atoms with Crippen molar-refractivity contribution >= 4 is 23.8 Å². The minimum absolute atomic E-state index is 0.0652. The average molecular weight is 239 g/mol. The highest BCUT2D eigenvalue weighted by molar-refractivity contribution is 8.02. The van der Waals surface area contributed by atoms with Gasteiger partial charge in [-0.05, 0) is 32.4 Å². The van der Waals surface area contributed by atoms with Gasteiger partial charge in [-0.3, -0.25) is 4.79 Å².